The number of benzene rings is 1. The van der Waals surface area contributed by atoms with Crippen molar-refractivity contribution in [1.82, 2.24) is 4.90 Å². The Kier molecular flexibility index (Phi) is 4.01. The molecule has 0 radical (unpaired) electrons. The van der Waals surface area contributed by atoms with Gasteiger partial charge in [-0.05, 0) is 17.7 Å². The van der Waals surface area contributed by atoms with Crippen LogP contribution in [0, 0.1) is 17.1 Å². The Morgan fingerprint density at radius 3 is 2.44 bits per heavy atom. The summed E-state index contributed by atoms with van der Waals surface area (Å²) in [5.41, 5.74) is 0.666. The monoisotopic (exact) mass is 220 g/mol. The molecule has 3 nitrogen and oxygen atoms in total. The molecule has 84 valence electrons. The van der Waals surface area contributed by atoms with Crippen LogP contribution in [-0.4, -0.2) is 24.9 Å². The van der Waals surface area contributed by atoms with Crippen molar-refractivity contribution in [3.63, 3.8) is 0 Å². The lowest BCUT2D eigenvalue weighted by molar-refractivity contribution is -0.128. The zero-order valence-electron chi connectivity index (χ0n) is 9.27. The molecule has 4 heteroatoms. The molecule has 16 heavy (non-hydrogen) atoms. The number of halogens is 1. The molecular formula is C12H13FN2O. The van der Waals surface area contributed by atoms with E-state index in [9.17, 15) is 9.18 Å². The molecule has 1 unspecified atom stereocenters. The van der Waals surface area contributed by atoms with Gasteiger partial charge in [0.25, 0.3) is 0 Å². The molecule has 0 N–H and O–H groups in total. The predicted molar refractivity (Wildman–Crippen MR) is 58.1 cm³/mol. The van der Waals surface area contributed by atoms with Crippen molar-refractivity contribution >= 4 is 5.91 Å². The van der Waals surface area contributed by atoms with Crippen molar-refractivity contribution < 1.29 is 9.18 Å². The summed E-state index contributed by atoms with van der Waals surface area (Å²) in [6.07, 6.45) is 0.120. The van der Waals surface area contributed by atoms with Crippen molar-refractivity contribution in [2.24, 2.45) is 0 Å². The molecule has 0 aliphatic heterocycles. The average Bonchev–Trinajstić information content (AvgIpc) is 2.26. The number of nitriles is 1. The molecule has 0 aliphatic carbocycles. The van der Waals surface area contributed by atoms with E-state index in [1.54, 1.807) is 14.1 Å². The van der Waals surface area contributed by atoms with Gasteiger partial charge in [-0.1, -0.05) is 12.1 Å². The van der Waals surface area contributed by atoms with Crippen LogP contribution in [0.4, 0.5) is 4.39 Å². The maximum Gasteiger partial charge on any atom is 0.223 e. The van der Waals surface area contributed by atoms with E-state index < -0.39 is 5.92 Å². The molecule has 0 aromatic heterocycles. The van der Waals surface area contributed by atoms with E-state index in [0.29, 0.717) is 5.56 Å². The topological polar surface area (TPSA) is 44.1 Å². The molecule has 1 atom stereocenters. The number of carbonyl (C=O) groups is 1. The lowest BCUT2D eigenvalue weighted by Crippen LogP contribution is -2.23. The lowest BCUT2D eigenvalue weighted by Gasteiger charge is -2.13. The number of amides is 1. The lowest BCUT2D eigenvalue weighted by atomic mass is 9.97. The van der Waals surface area contributed by atoms with Crippen LogP contribution in [0.25, 0.3) is 0 Å². The second-order valence-electron chi connectivity index (χ2n) is 3.73. The first-order valence-corrected chi connectivity index (χ1v) is 4.90. The van der Waals surface area contributed by atoms with E-state index >= 15 is 0 Å². The summed E-state index contributed by atoms with van der Waals surface area (Å²) in [4.78, 5) is 12.9. The largest absolute Gasteiger partial charge is 0.349 e. The zero-order chi connectivity index (χ0) is 12.1. The summed E-state index contributed by atoms with van der Waals surface area (Å²) in [6.45, 7) is 0. The van der Waals surface area contributed by atoms with Crippen LogP contribution in [0.2, 0.25) is 0 Å². The van der Waals surface area contributed by atoms with Gasteiger partial charge in [0.1, 0.15) is 5.82 Å². The van der Waals surface area contributed by atoms with Crippen LogP contribution < -0.4 is 0 Å². The summed E-state index contributed by atoms with van der Waals surface area (Å²) in [6, 6.07) is 7.70. The fourth-order valence-corrected chi connectivity index (χ4v) is 1.29. The van der Waals surface area contributed by atoms with E-state index in [2.05, 4.69) is 6.07 Å². The summed E-state index contributed by atoms with van der Waals surface area (Å²) < 4.78 is 12.7. The third-order valence-electron chi connectivity index (χ3n) is 2.31. The van der Waals surface area contributed by atoms with Crippen molar-refractivity contribution in [3.8, 4) is 6.07 Å². The molecule has 0 saturated carbocycles. The van der Waals surface area contributed by atoms with E-state index in [1.807, 2.05) is 0 Å². The molecule has 1 aromatic rings. The first-order valence-electron chi connectivity index (χ1n) is 4.90. The van der Waals surface area contributed by atoms with Gasteiger partial charge in [0.15, 0.2) is 0 Å². The van der Waals surface area contributed by atoms with E-state index in [0.717, 1.165) is 0 Å². The highest BCUT2D eigenvalue weighted by atomic mass is 19.1. The van der Waals surface area contributed by atoms with Gasteiger partial charge in [0.05, 0.1) is 12.0 Å². The van der Waals surface area contributed by atoms with E-state index in [-0.39, 0.29) is 18.1 Å². The number of nitrogens with zero attached hydrogens (tertiary/aromatic N) is 2. The summed E-state index contributed by atoms with van der Waals surface area (Å²) in [7, 11) is 3.28. The SMILES string of the molecule is CN(C)C(=O)CC(C#N)c1ccc(F)cc1. The fourth-order valence-electron chi connectivity index (χ4n) is 1.29. The third-order valence-corrected chi connectivity index (χ3v) is 2.31. The fraction of sp³-hybridized carbons (Fsp3) is 0.333. The van der Waals surface area contributed by atoms with Crippen molar-refractivity contribution in [2.75, 3.05) is 14.1 Å². The first-order chi connectivity index (χ1) is 7.54. The minimum absolute atomic E-state index is 0.115. The third kappa shape index (κ3) is 3.06. The molecule has 0 spiro atoms. The summed E-state index contributed by atoms with van der Waals surface area (Å²) in [5, 5.41) is 8.96. The van der Waals surface area contributed by atoms with Gasteiger partial charge in [0, 0.05) is 20.5 Å². The van der Waals surface area contributed by atoms with E-state index in [1.165, 1.54) is 29.2 Å². The highest BCUT2D eigenvalue weighted by Crippen LogP contribution is 2.19. The Bertz CT molecular complexity index is 406. The van der Waals surface area contributed by atoms with Crippen LogP contribution in [0.15, 0.2) is 24.3 Å². The van der Waals surface area contributed by atoms with Crippen LogP contribution in [0.1, 0.15) is 17.9 Å². The zero-order valence-corrected chi connectivity index (χ0v) is 9.27. The second kappa shape index (κ2) is 5.26. The minimum Gasteiger partial charge on any atom is -0.349 e. The molecule has 0 heterocycles. The van der Waals surface area contributed by atoms with Crippen molar-refractivity contribution in [2.45, 2.75) is 12.3 Å². The Hall–Kier alpha value is -1.89. The maximum atomic E-state index is 12.7. The standard InChI is InChI=1S/C12H13FN2O/c1-15(2)12(16)7-10(8-14)9-3-5-11(13)6-4-9/h3-6,10H,7H2,1-2H3. The molecule has 0 saturated heterocycles. The average molecular weight is 220 g/mol. The predicted octanol–water partition coefficient (Wildman–Crippen LogP) is 1.91. The molecular weight excluding hydrogens is 207 g/mol. The maximum absolute atomic E-state index is 12.7. The van der Waals surface area contributed by atoms with Crippen LogP contribution in [0.3, 0.4) is 0 Å². The normalized spacial score (nSPS) is 11.6. The Morgan fingerprint density at radius 1 is 1.44 bits per heavy atom. The Balaban J connectivity index is 2.80. The molecule has 1 aromatic carbocycles. The minimum atomic E-state index is -0.518. The Labute approximate surface area is 94.1 Å². The number of hydrogen-bond donors (Lipinski definition) is 0. The van der Waals surface area contributed by atoms with Crippen LogP contribution in [-0.2, 0) is 4.79 Å². The Morgan fingerprint density at radius 2 is 2.00 bits per heavy atom. The first kappa shape index (κ1) is 12.2. The number of carbonyl (C=O) groups excluding carboxylic acids is 1. The number of rotatable bonds is 3. The quantitative estimate of drug-likeness (QED) is 0.781. The summed E-state index contributed by atoms with van der Waals surface area (Å²) >= 11 is 0. The molecule has 0 fully saturated rings. The van der Waals surface area contributed by atoms with E-state index in [4.69, 9.17) is 5.26 Å². The van der Waals surface area contributed by atoms with Gasteiger partial charge >= 0.3 is 0 Å². The summed E-state index contributed by atoms with van der Waals surface area (Å²) in [5.74, 6) is -0.981. The van der Waals surface area contributed by atoms with Crippen LogP contribution >= 0.6 is 0 Å². The van der Waals surface area contributed by atoms with Gasteiger partial charge in [-0.3, -0.25) is 4.79 Å². The van der Waals surface area contributed by atoms with Gasteiger partial charge in [-0.15, -0.1) is 0 Å². The highest BCUT2D eigenvalue weighted by Gasteiger charge is 2.16. The molecule has 1 rings (SSSR count). The number of hydrogen-bond acceptors (Lipinski definition) is 2. The van der Waals surface area contributed by atoms with Crippen LogP contribution in [0.5, 0.6) is 0 Å². The van der Waals surface area contributed by atoms with Gasteiger partial charge in [-0.25, -0.2) is 4.39 Å². The molecule has 1 amide bonds. The smallest absolute Gasteiger partial charge is 0.223 e. The second-order valence-corrected chi connectivity index (χ2v) is 3.73. The molecule has 0 bridgehead atoms. The van der Waals surface area contributed by atoms with Gasteiger partial charge in [-0.2, -0.15) is 5.26 Å². The van der Waals surface area contributed by atoms with Gasteiger partial charge < -0.3 is 4.90 Å². The van der Waals surface area contributed by atoms with Crippen molar-refractivity contribution in [3.05, 3.63) is 35.6 Å². The van der Waals surface area contributed by atoms with Gasteiger partial charge in [0.2, 0.25) is 5.91 Å². The molecule has 0 aliphatic rings. The highest BCUT2D eigenvalue weighted by molar-refractivity contribution is 5.77. The van der Waals surface area contributed by atoms with Crippen molar-refractivity contribution in [1.29, 1.82) is 5.26 Å².